The van der Waals surface area contributed by atoms with E-state index in [1.807, 2.05) is 39.0 Å². The number of nitrogens with zero attached hydrogens (tertiary/aromatic N) is 3. The van der Waals surface area contributed by atoms with Crippen molar-refractivity contribution in [3.8, 4) is 5.69 Å². The minimum atomic E-state index is -3.69. The van der Waals surface area contributed by atoms with Crippen molar-refractivity contribution in [1.82, 2.24) is 14.8 Å². The predicted molar refractivity (Wildman–Crippen MR) is 152 cm³/mol. The number of benzene rings is 2. The zero-order valence-electron chi connectivity index (χ0n) is 22.7. The first kappa shape index (κ1) is 26.3. The molecule has 0 unspecified atom stereocenters. The third kappa shape index (κ3) is 4.31. The van der Waals surface area contributed by atoms with Gasteiger partial charge in [0.1, 0.15) is 11.5 Å². The Hall–Kier alpha value is -3.91. The van der Waals surface area contributed by atoms with Gasteiger partial charge in [0.25, 0.3) is 0 Å². The molecule has 1 fully saturated rings. The summed E-state index contributed by atoms with van der Waals surface area (Å²) in [6.07, 6.45) is 6.70. The van der Waals surface area contributed by atoms with Crippen LogP contribution in [0.1, 0.15) is 57.7 Å². The van der Waals surface area contributed by atoms with Gasteiger partial charge >= 0.3 is 0 Å². The van der Waals surface area contributed by atoms with Crippen LogP contribution in [0.2, 0.25) is 0 Å². The zero-order chi connectivity index (χ0) is 28.2. The van der Waals surface area contributed by atoms with Crippen molar-refractivity contribution in [2.24, 2.45) is 5.41 Å². The molecule has 0 aliphatic heterocycles. The first-order valence-electron chi connectivity index (χ1n) is 13.4. The average Bonchev–Trinajstić information content (AvgIpc) is 3.35. The number of carbonyl (C=O) groups is 1. The average molecular weight is 556 g/mol. The number of carbonyl (C=O) groups excluding carboxylic acids is 1. The second kappa shape index (κ2) is 9.63. The smallest absolute Gasteiger partial charge is 0.191 e. The summed E-state index contributed by atoms with van der Waals surface area (Å²) in [6, 6.07) is 15.0. The molecule has 2 atom stereocenters. The van der Waals surface area contributed by atoms with Crippen molar-refractivity contribution in [1.29, 1.82) is 0 Å². The van der Waals surface area contributed by atoms with E-state index in [0.29, 0.717) is 35.5 Å². The van der Waals surface area contributed by atoms with E-state index in [0.717, 1.165) is 33.5 Å². The summed E-state index contributed by atoms with van der Waals surface area (Å²) < 4.78 is 43.2. The number of fused-ring (bicyclic) bond motifs is 2. The molecule has 6 rings (SSSR count). The quantitative estimate of drug-likeness (QED) is 0.275. The fraction of sp³-hybridized carbons (Fsp3) is 0.281. The standard InChI is InChI=1S/C32H30FN3O3S/c1-20-12-13-34-29(14-20)31(37)32-17-23-19-35-36(26-8-6-25(33)7-9-26)30(23)16-24(32)5-11-28(18-32)40(38,39)27-10-4-21(2)22(3)15-27/h4,6-10,12-16,19,28H,5,11,17-18H2,1-3H3/t28-,32-/m0/s1. The molecule has 8 heteroatoms. The molecule has 0 bridgehead atoms. The fourth-order valence-corrected chi connectivity index (χ4v) is 8.02. The Balaban J connectivity index is 1.46. The van der Waals surface area contributed by atoms with Crippen LogP contribution in [0.5, 0.6) is 0 Å². The summed E-state index contributed by atoms with van der Waals surface area (Å²) in [5, 5.41) is 3.86. The molecule has 1 saturated carbocycles. The molecule has 0 spiro atoms. The van der Waals surface area contributed by atoms with Crippen molar-refractivity contribution >= 4 is 21.7 Å². The van der Waals surface area contributed by atoms with Crippen LogP contribution < -0.4 is 0 Å². The van der Waals surface area contributed by atoms with E-state index in [-0.39, 0.29) is 18.0 Å². The zero-order valence-corrected chi connectivity index (χ0v) is 23.5. The van der Waals surface area contributed by atoms with Crippen LogP contribution in [0.3, 0.4) is 0 Å². The lowest BCUT2D eigenvalue weighted by molar-refractivity contribution is 0.0796. The molecular formula is C32H30FN3O3S. The minimum absolute atomic E-state index is 0.164. The molecule has 6 nitrogen and oxygen atoms in total. The number of rotatable bonds is 5. The third-order valence-corrected chi connectivity index (χ3v) is 10.7. The van der Waals surface area contributed by atoms with Gasteiger partial charge in [-0.25, -0.2) is 17.5 Å². The third-order valence-electron chi connectivity index (χ3n) is 8.52. The van der Waals surface area contributed by atoms with E-state index < -0.39 is 20.5 Å². The Kier molecular flexibility index (Phi) is 6.33. The molecule has 2 aliphatic rings. The van der Waals surface area contributed by atoms with Crippen LogP contribution >= 0.6 is 0 Å². The predicted octanol–water partition coefficient (Wildman–Crippen LogP) is 6.17. The molecule has 40 heavy (non-hydrogen) atoms. The Labute approximate surface area is 233 Å². The van der Waals surface area contributed by atoms with E-state index in [4.69, 9.17) is 0 Å². The molecular weight excluding hydrogens is 525 g/mol. The number of pyridine rings is 1. The number of aromatic nitrogens is 3. The largest absolute Gasteiger partial charge is 0.291 e. The van der Waals surface area contributed by atoms with Gasteiger partial charge in [-0.15, -0.1) is 0 Å². The van der Waals surface area contributed by atoms with Crippen molar-refractivity contribution < 1.29 is 17.6 Å². The van der Waals surface area contributed by atoms with E-state index in [2.05, 4.69) is 10.1 Å². The molecule has 0 radical (unpaired) electrons. The minimum Gasteiger partial charge on any atom is -0.291 e. The van der Waals surface area contributed by atoms with Gasteiger partial charge in [-0.05, 0) is 123 Å². The Morgan fingerprint density at radius 1 is 1.02 bits per heavy atom. The summed E-state index contributed by atoms with van der Waals surface area (Å²) >= 11 is 0. The molecule has 0 amide bonds. The summed E-state index contributed by atoms with van der Waals surface area (Å²) in [6.45, 7) is 5.77. The van der Waals surface area contributed by atoms with Gasteiger partial charge in [-0.2, -0.15) is 5.10 Å². The van der Waals surface area contributed by atoms with Crippen molar-refractivity contribution in [2.45, 2.75) is 56.6 Å². The lowest BCUT2D eigenvalue weighted by atomic mass is 9.61. The molecule has 2 heterocycles. The number of allylic oxidation sites excluding steroid dienone is 1. The van der Waals surface area contributed by atoms with Crippen LogP contribution in [0.25, 0.3) is 11.8 Å². The number of ketones is 1. The SMILES string of the molecule is Cc1ccnc(C(=O)[C@]23Cc4cnn(-c5ccc(F)cc5)c4C=C2CC[C@H](S(=O)(=O)c2ccc(C)c(C)c2)C3)c1. The van der Waals surface area contributed by atoms with Crippen molar-refractivity contribution in [2.75, 3.05) is 0 Å². The van der Waals surface area contributed by atoms with Crippen LogP contribution in [-0.2, 0) is 16.3 Å². The Morgan fingerprint density at radius 3 is 2.52 bits per heavy atom. The number of Topliss-reactive ketones (excluding diaryl/α,β-unsaturated/α-hetero) is 1. The van der Waals surface area contributed by atoms with Gasteiger partial charge in [-0.1, -0.05) is 11.6 Å². The number of sulfone groups is 1. The summed E-state index contributed by atoms with van der Waals surface area (Å²) in [7, 11) is -3.69. The van der Waals surface area contributed by atoms with Gasteiger partial charge in [0, 0.05) is 6.20 Å². The topological polar surface area (TPSA) is 81.9 Å². The second-order valence-electron chi connectivity index (χ2n) is 11.1. The van der Waals surface area contributed by atoms with Gasteiger partial charge in [0.05, 0.1) is 33.1 Å². The Morgan fingerprint density at radius 2 is 1.80 bits per heavy atom. The highest BCUT2D eigenvalue weighted by Gasteiger charge is 2.52. The monoisotopic (exact) mass is 555 g/mol. The normalized spacial score (nSPS) is 20.4. The molecule has 0 saturated heterocycles. The number of hydrogen-bond acceptors (Lipinski definition) is 5. The van der Waals surface area contributed by atoms with Gasteiger partial charge in [0.15, 0.2) is 15.6 Å². The maximum atomic E-state index is 14.4. The lowest BCUT2D eigenvalue weighted by Crippen LogP contribution is -2.45. The summed E-state index contributed by atoms with van der Waals surface area (Å²) in [5.41, 5.74) is 5.43. The fourth-order valence-electron chi connectivity index (χ4n) is 6.11. The van der Waals surface area contributed by atoms with Crippen LogP contribution in [0.15, 0.2) is 77.5 Å². The summed E-state index contributed by atoms with van der Waals surface area (Å²) in [5.74, 6) is -0.496. The molecule has 204 valence electrons. The van der Waals surface area contributed by atoms with E-state index in [1.54, 1.807) is 47.4 Å². The highest BCUT2D eigenvalue weighted by molar-refractivity contribution is 7.92. The van der Waals surface area contributed by atoms with Crippen LogP contribution in [-0.4, -0.2) is 34.2 Å². The van der Waals surface area contributed by atoms with Gasteiger partial charge in [-0.3, -0.25) is 9.78 Å². The van der Waals surface area contributed by atoms with E-state index in [9.17, 15) is 17.6 Å². The molecule has 0 N–H and O–H groups in total. The van der Waals surface area contributed by atoms with E-state index >= 15 is 0 Å². The summed E-state index contributed by atoms with van der Waals surface area (Å²) in [4.78, 5) is 19.1. The highest BCUT2D eigenvalue weighted by Crippen LogP contribution is 2.52. The highest BCUT2D eigenvalue weighted by atomic mass is 32.2. The molecule has 2 aromatic heterocycles. The first-order valence-corrected chi connectivity index (χ1v) is 15.0. The number of aryl methyl sites for hydroxylation is 3. The Bertz CT molecular complexity index is 1790. The second-order valence-corrected chi connectivity index (χ2v) is 13.3. The van der Waals surface area contributed by atoms with Crippen molar-refractivity contribution in [3.63, 3.8) is 0 Å². The number of hydrogen-bond donors (Lipinski definition) is 0. The van der Waals surface area contributed by atoms with Crippen molar-refractivity contribution in [3.05, 3.63) is 112 Å². The van der Waals surface area contributed by atoms with Gasteiger partial charge in [0.2, 0.25) is 0 Å². The van der Waals surface area contributed by atoms with E-state index in [1.165, 1.54) is 12.1 Å². The molecule has 4 aromatic rings. The maximum Gasteiger partial charge on any atom is 0.191 e. The first-order chi connectivity index (χ1) is 19.1. The lowest BCUT2D eigenvalue weighted by Gasteiger charge is -2.43. The molecule has 2 aliphatic carbocycles. The van der Waals surface area contributed by atoms with Gasteiger partial charge < -0.3 is 0 Å². The molecule has 2 aromatic carbocycles. The van der Waals surface area contributed by atoms with Crippen LogP contribution in [0.4, 0.5) is 4.39 Å². The van der Waals surface area contributed by atoms with Crippen LogP contribution in [0, 0.1) is 32.0 Å². The maximum absolute atomic E-state index is 14.4. The number of halogens is 1.